The molecule has 130 valence electrons. The van der Waals surface area contributed by atoms with E-state index < -0.39 is 0 Å². The van der Waals surface area contributed by atoms with Gasteiger partial charge in [0.25, 0.3) is 11.5 Å². The van der Waals surface area contributed by atoms with E-state index in [1.807, 2.05) is 12.1 Å². The van der Waals surface area contributed by atoms with Gasteiger partial charge in [-0.05, 0) is 26.0 Å². The van der Waals surface area contributed by atoms with Crippen LogP contribution in [-0.4, -0.2) is 29.1 Å². The average molecular weight is 341 g/mol. The van der Waals surface area contributed by atoms with Crippen molar-refractivity contribution in [3.05, 3.63) is 58.0 Å². The van der Waals surface area contributed by atoms with Crippen LogP contribution in [0.1, 0.15) is 21.8 Å². The van der Waals surface area contributed by atoms with Crippen molar-refractivity contribution in [2.75, 3.05) is 13.7 Å². The predicted octanol–water partition coefficient (Wildman–Crippen LogP) is 2.04. The highest BCUT2D eigenvalue weighted by molar-refractivity contribution is 5.97. The van der Waals surface area contributed by atoms with Gasteiger partial charge in [-0.25, -0.2) is 4.98 Å². The number of hydrogen-bond donors (Lipinski definition) is 1. The highest BCUT2D eigenvalue weighted by Gasteiger charge is 2.14. The number of rotatable bonds is 5. The molecule has 0 radical (unpaired) electrons. The van der Waals surface area contributed by atoms with Crippen molar-refractivity contribution < 1.29 is 13.9 Å². The van der Waals surface area contributed by atoms with Gasteiger partial charge in [-0.3, -0.25) is 14.2 Å². The lowest BCUT2D eigenvalue weighted by atomic mass is 10.2. The van der Waals surface area contributed by atoms with E-state index in [9.17, 15) is 9.59 Å². The third-order valence-corrected chi connectivity index (χ3v) is 4.11. The molecule has 0 aliphatic carbocycles. The zero-order valence-corrected chi connectivity index (χ0v) is 14.3. The molecule has 0 saturated carbocycles. The van der Waals surface area contributed by atoms with E-state index in [0.717, 1.165) is 5.39 Å². The zero-order valence-electron chi connectivity index (χ0n) is 14.3. The Morgan fingerprint density at radius 2 is 2.16 bits per heavy atom. The molecule has 7 nitrogen and oxygen atoms in total. The standard InChI is InChI=1S/C18H19N3O4/c1-11-12(2)20-10-21(18(11)23)8-7-19-17(22)15-9-13-5-4-6-14(24-3)16(13)25-15/h4-6,9-10H,7-8H2,1-3H3,(H,19,22). The molecule has 1 N–H and O–H groups in total. The van der Waals surface area contributed by atoms with Gasteiger partial charge in [0.2, 0.25) is 0 Å². The van der Waals surface area contributed by atoms with E-state index in [-0.39, 0.29) is 23.8 Å². The molecule has 0 bridgehead atoms. The number of furan rings is 1. The summed E-state index contributed by atoms with van der Waals surface area (Å²) in [4.78, 5) is 28.5. The number of hydrogen-bond acceptors (Lipinski definition) is 5. The lowest BCUT2D eigenvalue weighted by molar-refractivity contribution is 0.0926. The molecule has 0 saturated heterocycles. The van der Waals surface area contributed by atoms with Crippen LogP contribution in [0, 0.1) is 13.8 Å². The third kappa shape index (κ3) is 3.26. The molecule has 25 heavy (non-hydrogen) atoms. The average Bonchev–Trinajstić information content (AvgIpc) is 3.06. The maximum absolute atomic E-state index is 12.3. The van der Waals surface area contributed by atoms with E-state index in [0.29, 0.717) is 29.1 Å². The Bertz CT molecular complexity index is 988. The molecule has 0 spiro atoms. The van der Waals surface area contributed by atoms with Crippen LogP contribution >= 0.6 is 0 Å². The zero-order chi connectivity index (χ0) is 18.0. The number of carbonyl (C=O) groups excluding carboxylic acids is 1. The third-order valence-electron chi connectivity index (χ3n) is 4.11. The summed E-state index contributed by atoms with van der Waals surface area (Å²) in [6.45, 7) is 4.15. The molecule has 7 heteroatoms. The van der Waals surface area contributed by atoms with Crippen molar-refractivity contribution in [2.45, 2.75) is 20.4 Å². The molecule has 1 amide bonds. The van der Waals surface area contributed by atoms with Crippen LogP contribution in [0.2, 0.25) is 0 Å². The van der Waals surface area contributed by atoms with Crippen LogP contribution in [0.25, 0.3) is 11.0 Å². The number of nitrogens with one attached hydrogen (secondary N) is 1. The second-order valence-electron chi connectivity index (χ2n) is 5.70. The normalized spacial score (nSPS) is 10.8. The van der Waals surface area contributed by atoms with Crippen LogP contribution in [0.5, 0.6) is 5.75 Å². The molecular formula is C18H19N3O4. The first kappa shape index (κ1) is 16.8. The summed E-state index contributed by atoms with van der Waals surface area (Å²) in [7, 11) is 1.55. The molecule has 1 aromatic carbocycles. The van der Waals surface area contributed by atoms with E-state index >= 15 is 0 Å². The van der Waals surface area contributed by atoms with Gasteiger partial charge >= 0.3 is 0 Å². The Kier molecular flexibility index (Phi) is 4.56. The quantitative estimate of drug-likeness (QED) is 0.767. The SMILES string of the molecule is COc1cccc2cc(C(=O)NCCn3cnc(C)c(C)c3=O)oc12. The van der Waals surface area contributed by atoms with Gasteiger partial charge in [-0.15, -0.1) is 0 Å². The fourth-order valence-electron chi connectivity index (χ4n) is 2.52. The van der Waals surface area contributed by atoms with Gasteiger partial charge in [0, 0.05) is 29.7 Å². The number of nitrogens with zero attached hydrogens (tertiary/aromatic N) is 2. The lowest BCUT2D eigenvalue weighted by Gasteiger charge is -2.08. The highest BCUT2D eigenvalue weighted by Crippen LogP contribution is 2.28. The number of aryl methyl sites for hydroxylation is 1. The molecule has 0 unspecified atom stereocenters. The first-order valence-electron chi connectivity index (χ1n) is 7.88. The maximum atomic E-state index is 12.3. The fourth-order valence-corrected chi connectivity index (χ4v) is 2.52. The summed E-state index contributed by atoms with van der Waals surface area (Å²) in [5.41, 5.74) is 1.75. The van der Waals surface area contributed by atoms with Crippen molar-refractivity contribution in [1.29, 1.82) is 0 Å². The summed E-state index contributed by atoms with van der Waals surface area (Å²) < 4.78 is 12.3. The number of carbonyl (C=O) groups is 1. The number of ether oxygens (including phenoxy) is 1. The first-order valence-corrected chi connectivity index (χ1v) is 7.88. The van der Waals surface area contributed by atoms with Crippen LogP contribution < -0.4 is 15.6 Å². The van der Waals surface area contributed by atoms with Crippen LogP contribution in [0.15, 0.2) is 39.8 Å². The van der Waals surface area contributed by atoms with Gasteiger partial charge in [0.05, 0.1) is 13.4 Å². The smallest absolute Gasteiger partial charge is 0.287 e. The van der Waals surface area contributed by atoms with E-state index in [1.165, 1.54) is 10.9 Å². The monoisotopic (exact) mass is 341 g/mol. The van der Waals surface area contributed by atoms with Gasteiger partial charge in [0.1, 0.15) is 0 Å². The lowest BCUT2D eigenvalue weighted by Crippen LogP contribution is -2.31. The van der Waals surface area contributed by atoms with Gasteiger partial charge in [0.15, 0.2) is 17.1 Å². The molecule has 2 aromatic heterocycles. The Hall–Kier alpha value is -3.09. The molecule has 0 aliphatic heterocycles. The molecule has 3 aromatic rings. The number of para-hydroxylation sites is 1. The van der Waals surface area contributed by atoms with Crippen LogP contribution in [0.4, 0.5) is 0 Å². The molecule has 0 atom stereocenters. The molecule has 3 rings (SSSR count). The second kappa shape index (κ2) is 6.80. The minimum absolute atomic E-state index is 0.102. The van der Waals surface area contributed by atoms with E-state index in [4.69, 9.17) is 9.15 Å². The summed E-state index contributed by atoms with van der Waals surface area (Å²) in [6, 6.07) is 7.11. The predicted molar refractivity (Wildman–Crippen MR) is 93.1 cm³/mol. The fraction of sp³-hybridized carbons (Fsp3) is 0.278. The summed E-state index contributed by atoms with van der Waals surface area (Å²) in [5.74, 6) is 0.428. The van der Waals surface area contributed by atoms with Crippen molar-refractivity contribution >= 4 is 16.9 Å². The minimum Gasteiger partial charge on any atom is -0.493 e. The van der Waals surface area contributed by atoms with Crippen LogP contribution in [0.3, 0.4) is 0 Å². The van der Waals surface area contributed by atoms with Crippen LogP contribution in [-0.2, 0) is 6.54 Å². The summed E-state index contributed by atoms with van der Waals surface area (Å²) >= 11 is 0. The number of fused-ring (bicyclic) bond motifs is 1. The van der Waals surface area contributed by atoms with Crippen molar-refractivity contribution in [2.24, 2.45) is 0 Å². The van der Waals surface area contributed by atoms with Gasteiger partial charge in [-0.2, -0.15) is 0 Å². The Balaban J connectivity index is 1.69. The number of methoxy groups -OCH3 is 1. The van der Waals surface area contributed by atoms with Gasteiger partial charge in [-0.1, -0.05) is 12.1 Å². The molecule has 0 fully saturated rings. The Morgan fingerprint density at radius 1 is 1.36 bits per heavy atom. The maximum Gasteiger partial charge on any atom is 0.287 e. The van der Waals surface area contributed by atoms with E-state index in [1.54, 1.807) is 33.1 Å². The van der Waals surface area contributed by atoms with Crippen molar-refractivity contribution in [3.63, 3.8) is 0 Å². The topological polar surface area (TPSA) is 86.4 Å². The molecule has 2 heterocycles. The number of benzene rings is 1. The van der Waals surface area contributed by atoms with Crippen molar-refractivity contribution in [1.82, 2.24) is 14.9 Å². The minimum atomic E-state index is -0.344. The Morgan fingerprint density at radius 3 is 2.92 bits per heavy atom. The Labute approximate surface area is 144 Å². The van der Waals surface area contributed by atoms with Crippen molar-refractivity contribution in [3.8, 4) is 5.75 Å². The summed E-state index contributed by atoms with van der Waals surface area (Å²) in [6.07, 6.45) is 1.49. The number of aromatic nitrogens is 2. The number of amides is 1. The largest absolute Gasteiger partial charge is 0.493 e. The van der Waals surface area contributed by atoms with E-state index in [2.05, 4.69) is 10.3 Å². The first-order chi connectivity index (χ1) is 12.0. The molecule has 0 aliphatic rings. The second-order valence-corrected chi connectivity index (χ2v) is 5.70. The highest BCUT2D eigenvalue weighted by atomic mass is 16.5. The summed E-state index contributed by atoms with van der Waals surface area (Å²) in [5, 5.41) is 3.54. The van der Waals surface area contributed by atoms with Gasteiger partial charge < -0.3 is 14.5 Å². The molecular weight excluding hydrogens is 322 g/mol.